The highest BCUT2D eigenvalue weighted by Gasteiger charge is 2.28. The minimum Gasteiger partial charge on any atom is -0.492 e. The molecule has 0 radical (unpaired) electrons. The number of ether oxygens (including phenoxy) is 1. The quantitative estimate of drug-likeness (QED) is 0.849. The summed E-state index contributed by atoms with van der Waals surface area (Å²) in [5, 5.41) is 9.50. The van der Waals surface area contributed by atoms with Gasteiger partial charge in [0.2, 0.25) is 0 Å². The number of aliphatic carboxylic acids is 1. The lowest BCUT2D eigenvalue weighted by Crippen LogP contribution is -2.30. The first-order valence-electron chi connectivity index (χ1n) is 5.22. The standard InChI is InChI=1S/C12H16ClNO3/c1-12(2,11(15)16)7-17-10-5-3-4-9(13)8(10)6-14/h3-5H,6-7,14H2,1-2H3,(H,15,16). The van der Waals surface area contributed by atoms with E-state index in [2.05, 4.69) is 0 Å². The van der Waals surface area contributed by atoms with Gasteiger partial charge < -0.3 is 15.6 Å². The second kappa shape index (κ2) is 5.38. The van der Waals surface area contributed by atoms with Crippen LogP contribution in [0, 0.1) is 5.41 Å². The van der Waals surface area contributed by atoms with Crippen LogP contribution in [0.5, 0.6) is 5.75 Å². The van der Waals surface area contributed by atoms with Crippen LogP contribution in [0.1, 0.15) is 19.4 Å². The maximum Gasteiger partial charge on any atom is 0.312 e. The van der Waals surface area contributed by atoms with Gasteiger partial charge in [0, 0.05) is 17.1 Å². The number of rotatable bonds is 5. The highest BCUT2D eigenvalue weighted by atomic mass is 35.5. The molecule has 0 aliphatic heterocycles. The monoisotopic (exact) mass is 257 g/mol. The van der Waals surface area contributed by atoms with Crippen LogP contribution in [0.25, 0.3) is 0 Å². The van der Waals surface area contributed by atoms with Crippen LogP contribution in [0.2, 0.25) is 5.02 Å². The molecule has 1 rings (SSSR count). The molecule has 0 atom stereocenters. The van der Waals surface area contributed by atoms with E-state index in [1.54, 1.807) is 32.0 Å². The second-order valence-corrected chi connectivity index (χ2v) is 4.81. The molecule has 1 aromatic rings. The Morgan fingerprint density at radius 3 is 2.71 bits per heavy atom. The van der Waals surface area contributed by atoms with Crippen LogP contribution in [-0.2, 0) is 11.3 Å². The number of benzene rings is 1. The molecule has 17 heavy (non-hydrogen) atoms. The Morgan fingerprint density at radius 1 is 1.53 bits per heavy atom. The number of nitrogens with two attached hydrogens (primary N) is 1. The molecule has 0 spiro atoms. The normalized spacial score (nSPS) is 11.3. The molecular formula is C12H16ClNO3. The maximum absolute atomic E-state index is 10.9. The number of hydrogen-bond acceptors (Lipinski definition) is 3. The molecule has 94 valence electrons. The van der Waals surface area contributed by atoms with Gasteiger partial charge in [-0.15, -0.1) is 0 Å². The van der Waals surface area contributed by atoms with E-state index in [1.165, 1.54) is 0 Å². The van der Waals surface area contributed by atoms with Crippen molar-refractivity contribution in [3.05, 3.63) is 28.8 Å². The smallest absolute Gasteiger partial charge is 0.312 e. The van der Waals surface area contributed by atoms with Gasteiger partial charge in [0.1, 0.15) is 12.4 Å². The predicted octanol–water partition coefficient (Wildman–Crippen LogP) is 2.29. The number of carbonyl (C=O) groups is 1. The number of carboxylic acid groups (broad SMARTS) is 1. The van der Waals surface area contributed by atoms with Crippen molar-refractivity contribution in [1.29, 1.82) is 0 Å². The van der Waals surface area contributed by atoms with Crippen LogP contribution in [0.4, 0.5) is 0 Å². The highest BCUT2D eigenvalue weighted by Crippen LogP contribution is 2.27. The largest absolute Gasteiger partial charge is 0.492 e. The fraction of sp³-hybridized carbons (Fsp3) is 0.417. The molecular weight excluding hydrogens is 242 g/mol. The maximum atomic E-state index is 10.9. The summed E-state index contributed by atoms with van der Waals surface area (Å²) in [5.41, 5.74) is 5.31. The first kappa shape index (κ1) is 13.8. The van der Waals surface area contributed by atoms with E-state index in [0.717, 1.165) is 0 Å². The van der Waals surface area contributed by atoms with Gasteiger partial charge in [-0.1, -0.05) is 17.7 Å². The molecule has 0 aromatic heterocycles. The highest BCUT2D eigenvalue weighted by molar-refractivity contribution is 6.31. The van der Waals surface area contributed by atoms with Crippen molar-refractivity contribution in [2.45, 2.75) is 20.4 Å². The molecule has 0 saturated carbocycles. The molecule has 0 saturated heterocycles. The zero-order valence-corrected chi connectivity index (χ0v) is 10.6. The van der Waals surface area contributed by atoms with Crippen LogP contribution in [0.15, 0.2) is 18.2 Å². The fourth-order valence-corrected chi connectivity index (χ4v) is 1.44. The molecule has 3 N–H and O–H groups in total. The average Bonchev–Trinajstić information content (AvgIpc) is 2.26. The van der Waals surface area contributed by atoms with Crippen molar-refractivity contribution >= 4 is 17.6 Å². The van der Waals surface area contributed by atoms with Crippen LogP contribution in [0.3, 0.4) is 0 Å². The summed E-state index contributed by atoms with van der Waals surface area (Å²) < 4.78 is 5.49. The zero-order chi connectivity index (χ0) is 13.1. The predicted molar refractivity (Wildman–Crippen MR) is 66.3 cm³/mol. The molecule has 0 aliphatic carbocycles. The molecule has 0 aliphatic rings. The topological polar surface area (TPSA) is 72.5 Å². The lowest BCUT2D eigenvalue weighted by Gasteiger charge is -2.20. The Hall–Kier alpha value is -1.26. The molecule has 5 heteroatoms. The van der Waals surface area contributed by atoms with Gasteiger partial charge in [0.25, 0.3) is 0 Å². The van der Waals surface area contributed by atoms with Gasteiger partial charge in [-0.2, -0.15) is 0 Å². The van der Waals surface area contributed by atoms with Crippen molar-refractivity contribution in [3.8, 4) is 5.75 Å². The lowest BCUT2D eigenvalue weighted by atomic mass is 9.95. The van der Waals surface area contributed by atoms with Crippen molar-refractivity contribution in [2.24, 2.45) is 11.1 Å². The molecule has 4 nitrogen and oxygen atoms in total. The first-order valence-corrected chi connectivity index (χ1v) is 5.60. The van der Waals surface area contributed by atoms with Gasteiger partial charge in [0.05, 0.1) is 5.41 Å². The summed E-state index contributed by atoms with van der Waals surface area (Å²) in [7, 11) is 0. The van der Waals surface area contributed by atoms with Gasteiger partial charge in [0.15, 0.2) is 0 Å². The zero-order valence-electron chi connectivity index (χ0n) is 9.87. The summed E-state index contributed by atoms with van der Waals surface area (Å²) in [5.74, 6) is -0.372. The molecule has 0 fully saturated rings. The third kappa shape index (κ3) is 3.35. The van der Waals surface area contributed by atoms with Gasteiger partial charge in [-0.25, -0.2) is 0 Å². The second-order valence-electron chi connectivity index (χ2n) is 4.40. The third-order valence-corrected chi connectivity index (χ3v) is 2.80. The SMILES string of the molecule is CC(C)(COc1cccc(Cl)c1CN)C(=O)O. The number of halogens is 1. The summed E-state index contributed by atoms with van der Waals surface area (Å²) in [4.78, 5) is 10.9. The third-order valence-electron chi connectivity index (χ3n) is 2.45. The average molecular weight is 258 g/mol. The fourth-order valence-electron chi connectivity index (χ4n) is 1.19. The Bertz CT molecular complexity index is 418. The van der Waals surface area contributed by atoms with E-state index in [0.29, 0.717) is 16.3 Å². The van der Waals surface area contributed by atoms with Crippen molar-refractivity contribution in [2.75, 3.05) is 6.61 Å². The number of carboxylic acids is 1. The molecule has 0 amide bonds. The Labute approximate surface area is 105 Å². The van der Waals surface area contributed by atoms with Gasteiger partial charge in [-0.3, -0.25) is 4.79 Å². The van der Waals surface area contributed by atoms with E-state index in [1.807, 2.05) is 0 Å². The molecule has 0 bridgehead atoms. The van der Waals surface area contributed by atoms with E-state index < -0.39 is 11.4 Å². The lowest BCUT2D eigenvalue weighted by molar-refractivity contribution is -0.148. The minimum absolute atomic E-state index is 0.0652. The van der Waals surface area contributed by atoms with E-state index in [9.17, 15) is 4.79 Å². The van der Waals surface area contributed by atoms with E-state index in [-0.39, 0.29) is 13.2 Å². The number of hydrogen-bond donors (Lipinski definition) is 2. The Balaban J connectivity index is 2.83. The van der Waals surface area contributed by atoms with Crippen molar-refractivity contribution in [1.82, 2.24) is 0 Å². The molecule has 1 aromatic carbocycles. The first-order chi connectivity index (χ1) is 7.88. The summed E-state index contributed by atoms with van der Waals surface area (Å²) >= 11 is 5.97. The van der Waals surface area contributed by atoms with Crippen LogP contribution < -0.4 is 10.5 Å². The summed E-state index contributed by atoms with van der Waals surface area (Å²) in [6.45, 7) is 3.52. The minimum atomic E-state index is -0.950. The van der Waals surface area contributed by atoms with E-state index >= 15 is 0 Å². The molecule has 0 heterocycles. The summed E-state index contributed by atoms with van der Waals surface area (Å²) in [6.07, 6.45) is 0. The van der Waals surface area contributed by atoms with Crippen molar-refractivity contribution in [3.63, 3.8) is 0 Å². The van der Waals surface area contributed by atoms with Crippen LogP contribution in [-0.4, -0.2) is 17.7 Å². The van der Waals surface area contributed by atoms with Gasteiger partial charge >= 0.3 is 5.97 Å². The summed E-state index contributed by atoms with van der Waals surface area (Å²) in [6, 6.07) is 5.19. The van der Waals surface area contributed by atoms with Gasteiger partial charge in [-0.05, 0) is 26.0 Å². The Kier molecular flexibility index (Phi) is 4.37. The van der Waals surface area contributed by atoms with Crippen molar-refractivity contribution < 1.29 is 14.6 Å². The van der Waals surface area contributed by atoms with Crippen LogP contribution >= 0.6 is 11.6 Å². The Morgan fingerprint density at radius 2 is 2.18 bits per heavy atom. The molecule has 0 unspecified atom stereocenters. The van der Waals surface area contributed by atoms with E-state index in [4.69, 9.17) is 27.2 Å².